The van der Waals surface area contributed by atoms with Crippen LogP contribution in [0.1, 0.15) is 73.1 Å². The molecule has 0 spiro atoms. The Bertz CT molecular complexity index is 487. The molecular weight excluding hydrogens is 288 g/mol. The molecule has 8 atom stereocenters. The Hall–Kier alpha value is -0.120. The molecule has 3 aliphatic heterocycles. The number of ether oxygens (including phenoxy) is 2. The Labute approximate surface area is 141 Å². The van der Waals surface area contributed by atoms with Gasteiger partial charge in [0.2, 0.25) is 0 Å². The highest BCUT2D eigenvalue weighted by molar-refractivity contribution is 5.14. The highest BCUT2D eigenvalue weighted by Crippen LogP contribution is 2.60. The summed E-state index contributed by atoms with van der Waals surface area (Å²) in [7, 11) is 0. The number of rotatable bonds is 1. The molecule has 23 heavy (non-hydrogen) atoms. The van der Waals surface area contributed by atoms with E-state index in [4.69, 9.17) is 9.47 Å². The lowest BCUT2D eigenvalue weighted by Gasteiger charge is -2.54. The fourth-order valence-corrected chi connectivity index (χ4v) is 6.68. The van der Waals surface area contributed by atoms with Gasteiger partial charge >= 0.3 is 0 Å². The van der Waals surface area contributed by atoms with E-state index in [1.54, 1.807) is 0 Å². The first kappa shape index (κ1) is 16.4. The predicted molar refractivity (Wildman–Crippen MR) is 90.2 cm³/mol. The van der Waals surface area contributed by atoms with E-state index in [9.17, 15) is 5.11 Å². The second kappa shape index (κ2) is 4.95. The first-order valence-electron chi connectivity index (χ1n) is 9.73. The molecule has 3 heteroatoms. The highest BCUT2D eigenvalue weighted by Gasteiger charge is 2.65. The lowest BCUT2D eigenvalue weighted by Crippen LogP contribution is -2.59. The molecule has 0 amide bonds. The molecule has 0 aromatic heterocycles. The molecule has 4 aliphatic rings. The van der Waals surface area contributed by atoms with Crippen LogP contribution in [0, 0.1) is 23.7 Å². The van der Waals surface area contributed by atoms with E-state index < -0.39 is 5.60 Å². The minimum atomic E-state index is -0.589. The molecule has 4 rings (SSSR count). The first-order chi connectivity index (χ1) is 10.7. The smallest absolute Gasteiger partial charge is 0.0925 e. The Morgan fingerprint density at radius 3 is 2.52 bits per heavy atom. The van der Waals surface area contributed by atoms with Crippen LogP contribution in [0.15, 0.2) is 0 Å². The van der Waals surface area contributed by atoms with Crippen molar-refractivity contribution in [3.63, 3.8) is 0 Å². The van der Waals surface area contributed by atoms with Crippen molar-refractivity contribution in [1.29, 1.82) is 0 Å². The fourth-order valence-electron chi connectivity index (χ4n) is 6.68. The zero-order valence-corrected chi connectivity index (χ0v) is 15.5. The van der Waals surface area contributed by atoms with Gasteiger partial charge in [-0.15, -0.1) is 0 Å². The predicted octanol–water partition coefficient (Wildman–Crippen LogP) is 3.92. The molecule has 132 valence electrons. The SMILES string of the molecule is CC(C)[C@H]1CC[C@](C)(O)[C@H]2[C@@H]1[C@H]1O[C@@H]2C[C@]2(C)CCC[C@@]1(C)O2. The molecule has 4 bridgehead atoms. The maximum atomic E-state index is 11.2. The van der Waals surface area contributed by atoms with Gasteiger partial charge in [0, 0.05) is 12.3 Å². The topological polar surface area (TPSA) is 38.7 Å². The molecule has 1 aliphatic carbocycles. The third-order valence-electron chi connectivity index (χ3n) is 7.63. The van der Waals surface area contributed by atoms with Gasteiger partial charge in [-0.25, -0.2) is 0 Å². The summed E-state index contributed by atoms with van der Waals surface area (Å²) in [5.41, 5.74) is -0.839. The van der Waals surface area contributed by atoms with Gasteiger partial charge in [-0.3, -0.25) is 0 Å². The van der Waals surface area contributed by atoms with Crippen molar-refractivity contribution in [2.24, 2.45) is 23.7 Å². The quantitative estimate of drug-likeness (QED) is 0.795. The van der Waals surface area contributed by atoms with E-state index >= 15 is 0 Å². The van der Waals surface area contributed by atoms with Crippen LogP contribution in [0.25, 0.3) is 0 Å². The monoisotopic (exact) mass is 322 g/mol. The Balaban J connectivity index is 1.78. The van der Waals surface area contributed by atoms with Crippen molar-refractivity contribution < 1.29 is 14.6 Å². The average Bonchev–Trinajstić information content (AvgIpc) is 2.75. The fraction of sp³-hybridized carbons (Fsp3) is 1.00. The van der Waals surface area contributed by atoms with E-state index in [0.717, 1.165) is 32.1 Å². The lowest BCUT2D eigenvalue weighted by molar-refractivity contribution is -0.216. The van der Waals surface area contributed by atoms with Gasteiger partial charge in [-0.2, -0.15) is 0 Å². The molecule has 1 saturated carbocycles. The summed E-state index contributed by atoms with van der Waals surface area (Å²) in [6.45, 7) is 11.3. The summed E-state index contributed by atoms with van der Waals surface area (Å²) in [6, 6.07) is 0. The summed E-state index contributed by atoms with van der Waals surface area (Å²) < 4.78 is 13.4. The van der Waals surface area contributed by atoms with Crippen LogP contribution in [0.2, 0.25) is 0 Å². The van der Waals surface area contributed by atoms with Crippen molar-refractivity contribution in [2.75, 3.05) is 0 Å². The van der Waals surface area contributed by atoms with Crippen LogP contribution in [0.4, 0.5) is 0 Å². The molecular formula is C20H34O3. The zero-order chi connectivity index (χ0) is 16.6. The molecule has 0 aromatic carbocycles. The zero-order valence-electron chi connectivity index (χ0n) is 15.5. The average molecular weight is 322 g/mol. The summed E-state index contributed by atoms with van der Waals surface area (Å²) in [4.78, 5) is 0. The van der Waals surface area contributed by atoms with Crippen LogP contribution < -0.4 is 0 Å². The van der Waals surface area contributed by atoms with Crippen molar-refractivity contribution in [2.45, 2.75) is 102 Å². The van der Waals surface area contributed by atoms with E-state index in [2.05, 4.69) is 34.6 Å². The normalized spacial score (nSPS) is 58.8. The van der Waals surface area contributed by atoms with Gasteiger partial charge in [0.05, 0.1) is 29.0 Å². The second-order valence-electron chi connectivity index (χ2n) is 9.92. The molecule has 3 saturated heterocycles. The van der Waals surface area contributed by atoms with E-state index in [-0.39, 0.29) is 29.3 Å². The molecule has 3 heterocycles. The van der Waals surface area contributed by atoms with Crippen LogP contribution in [-0.2, 0) is 9.47 Å². The molecule has 4 fully saturated rings. The van der Waals surface area contributed by atoms with Crippen molar-refractivity contribution >= 4 is 0 Å². The van der Waals surface area contributed by atoms with Crippen molar-refractivity contribution in [1.82, 2.24) is 0 Å². The van der Waals surface area contributed by atoms with Gasteiger partial charge in [0.1, 0.15) is 0 Å². The van der Waals surface area contributed by atoms with Crippen molar-refractivity contribution in [3.05, 3.63) is 0 Å². The number of fused-ring (bicyclic) bond motifs is 8. The molecule has 0 unspecified atom stereocenters. The Morgan fingerprint density at radius 1 is 1.09 bits per heavy atom. The summed E-state index contributed by atoms with van der Waals surface area (Å²) in [5, 5.41) is 11.2. The Kier molecular flexibility index (Phi) is 3.52. The highest BCUT2D eigenvalue weighted by atomic mass is 16.6. The van der Waals surface area contributed by atoms with Gasteiger partial charge in [-0.1, -0.05) is 13.8 Å². The van der Waals surface area contributed by atoms with Gasteiger partial charge in [-0.05, 0) is 70.6 Å². The first-order valence-corrected chi connectivity index (χ1v) is 9.73. The third kappa shape index (κ3) is 2.33. The number of aliphatic hydroxyl groups is 1. The molecule has 0 radical (unpaired) electrons. The third-order valence-corrected chi connectivity index (χ3v) is 7.63. The largest absolute Gasteiger partial charge is 0.390 e. The van der Waals surface area contributed by atoms with Crippen molar-refractivity contribution in [3.8, 4) is 0 Å². The van der Waals surface area contributed by atoms with Gasteiger partial charge < -0.3 is 14.6 Å². The minimum Gasteiger partial charge on any atom is -0.390 e. The maximum Gasteiger partial charge on any atom is 0.0925 e. The van der Waals surface area contributed by atoms with Crippen LogP contribution in [0.3, 0.4) is 0 Å². The Morgan fingerprint density at radius 2 is 1.83 bits per heavy atom. The van der Waals surface area contributed by atoms with E-state index in [1.807, 2.05) is 0 Å². The second-order valence-corrected chi connectivity index (χ2v) is 9.92. The van der Waals surface area contributed by atoms with E-state index in [0.29, 0.717) is 17.8 Å². The molecule has 0 aromatic rings. The van der Waals surface area contributed by atoms with Gasteiger partial charge in [0.15, 0.2) is 0 Å². The van der Waals surface area contributed by atoms with Crippen LogP contribution >= 0.6 is 0 Å². The summed E-state index contributed by atoms with van der Waals surface area (Å²) in [6.07, 6.45) is 6.74. The summed E-state index contributed by atoms with van der Waals surface area (Å²) >= 11 is 0. The summed E-state index contributed by atoms with van der Waals surface area (Å²) in [5.74, 6) is 1.99. The maximum absolute atomic E-state index is 11.2. The van der Waals surface area contributed by atoms with Crippen LogP contribution in [0.5, 0.6) is 0 Å². The lowest BCUT2D eigenvalue weighted by atomic mass is 9.56. The number of hydrogen-bond acceptors (Lipinski definition) is 3. The minimum absolute atomic E-state index is 0.0712. The molecule has 1 N–H and O–H groups in total. The standard InChI is InChI=1S/C20H34O3/c1-12(2)13-7-10-19(4,21)16-14-11-18(3)8-6-9-20(5,23-18)17(22-14)15(13)16/h12-17,21H,6-11H2,1-5H3/t13-,14-,15-,16-,17-,18+,19+,20-/m1/s1. The van der Waals surface area contributed by atoms with E-state index in [1.165, 1.54) is 6.42 Å². The van der Waals surface area contributed by atoms with Crippen LogP contribution in [-0.4, -0.2) is 34.1 Å². The van der Waals surface area contributed by atoms with Gasteiger partial charge in [0.25, 0.3) is 0 Å². The molecule has 3 nitrogen and oxygen atoms in total. The number of hydrogen-bond donors (Lipinski definition) is 1.